The van der Waals surface area contributed by atoms with Crippen molar-refractivity contribution in [2.45, 2.75) is 69.6 Å². The molecular weight excluding hydrogens is 302 g/mol. The van der Waals surface area contributed by atoms with Gasteiger partial charge in [0.2, 0.25) is 5.91 Å². The van der Waals surface area contributed by atoms with E-state index in [1.807, 2.05) is 0 Å². The van der Waals surface area contributed by atoms with Gasteiger partial charge in [-0.2, -0.15) is 5.26 Å². The molecule has 1 spiro atoms. The largest absolute Gasteiger partial charge is 0.375 e. The van der Waals surface area contributed by atoms with E-state index in [-0.39, 0.29) is 23.1 Å². The van der Waals surface area contributed by atoms with Gasteiger partial charge in [-0.05, 0) is 63.2 Å². The van der Waals surface area contributed by atoms with Crippen LogP contribution in [-0.4, -0.2) is 47.7 Å². The molecule has 5 heteroatoms. The maximum Gasteiger partial charge on any atom is 0.237 e. The first-order valence-corrected chi connectivity index (χ1v) is 9.50. The lowest BCUT2D eigenvalue weighted by Gasteiger charge is -2.40. The summed E-state index contributed by atoms with van der Waals surface area (Å²) < 4.78 is 5.87. The molecule has 2 aliphatic heterocycles. The summed E-state index contributed by atoms with van der Waals surface area (Å²) >= 11 is 0. The Balaban J connectivity index is 1.30. The van der Waals surface area contributed by atoms with Crippen molar-refractivity contribution in [1.82, 2.24) is 10.2 Å². The van der Waals surface area contributed by atoms with Crippen LogP contribution in [0.3, 0.4) is 0 Å². The molecule has 24 heavy (non-hydrogen) atoms. The number of carbonyl (C=O) groups is 1. The number of rotatable bonds is 3. The highest BCUT2D eigenvalue weighted by Gasteiger charge is 2.55. The molecule has 0 aromatic carbocycles. The van der Waals surface area contributed by atoms with E-state index in [0.29, 0.717) is 12.5 Å². The highest BCUT2D eigenvalue weighted by Crippen LogP contribution is 2.56. The van der Waals surface area contributed by atoms with Crippen LogP contribution >= 0.6 is 0 Å². The van der Waals surface area contributed by atoms with Gasteiger partial charge in [0.25, 0.3) is 0 Å². The SMILES string of the molecule is C[C@H]1C[C@@H](C#N)N(C(=O)CNC2(C)C[C@@H]3CC4(CCO4)C[C@@H]3C2)C1. The standard InChI is InChI=1S/C19H29N3O2/c1-13-5-16(10-20)22(12-13)17(23)11-21-18(2)6-14-8-19(3-4-24-19)9-15(14)7-18/h13-16,21H,3-9,11-12H2,1-2H3/t13-,14-,15+,16-,18?,19?/m0/s1. The number of likely N-dealkylation sites (tertiary alicyclic amines) is 1. The monoisotopic (exact) mass is 331 g/mol. The topological polar surface area (TPSA) is 65.4 Å². The van der Waals surface area contributed by atoms with E-state index >= 15 is 0 Å². The molecule has 4 aliphatic rings. The number of hydrogen-bond donors (Lipinski definition) is 1. The van der Waals surface area contributed by atoms with E-state index < -0.39 is 0 Å². The number of amides is 1. The highest BCUT2D eigenvalue weighted by molar-refractivity contribution is 5.79. The molecule has 0 aromatic rings. The van der Waals surface area contributed by atoms with E-state index in [2.05, 4.69) is 25.2 Å². The summed E-state index contributed by atoms with van der Waals surface area (Å²) in [5.74, 6) is 2.01. The third-order valence-electron chi connectivity index (χ3n) is 6.97. The number of ether oxygens (including phenoxy) is 1. The van der Waals surface area contributed by atoms with Gasteiger partial charge in [0, 0.05) is 12.1 Å². The second-order valence-corrected chi connectivity index (χ2v) is 9.06. The van der Waals surface area contributed by atoms with E-state index in [9.17, 15) is 10.1 Å². The quantitative estimate of drug-likeness (QED) is 0.860. The number of nitrogens with one attached hydrogen (secondary N) is 1. The summed E-state index contributed by atoms with van der Waals surface area (Å²) in [6, 6.07) is 2.04. The molecule has 0 aromatic heterocycles. The zero-order valence-corrected chi connectivity index (χ0v) is 14.9. The number of nitriles is 1. The van der Waals surface area contributed by atoms with Crippen molar-refractivity contribution in [2.24, 2.45) is 17.8 Å². The average molecular weight is 331 g/mol. The summed E-state index contributed by atoms with van der Waals surface area (Å²) in [7, 11) is 0. The first kappa shape index (κ1) is 16.4. The molecule has 132 valence electrons. The third-order valence-corrected chi connectivity index (χ3v) is 6.97. The van der Waals surface area contributed by atoms with Gasteiger partial charge in [-0.3, -0.25) is 4.79 Å². The van der Waals surface area contributed by atoms with Crippen LogP contribution in [0.25, 0.3) is 0 Å². The fraction of sp³-hybridized carbons (Fsp3) is 0.895. The van der Waals surface area contributed by atoms with Crippen molar-refractivity contribution in [3.8, 4) is 6.07 Å². The fourth-order valence-corrected chi connectivity index (χ4v) is 5.78. The van der Waals surface area contributed by atoms with Crippen molar-refractivity contribution >= 4 is 5.91 Å². The second-order valence-electron chi connectivity index (χ2n) is 9.06. The van der Waals surface area contributed by atoms with Gasteiger partial charge in [0.05, 0.1) is 24.8 Å². The predicted octanol–water partition coefficient (Wildman–Crippen LogP) is 2.07. The van der Waals surface area contributed by atoms with Gasteiger partial charge >= 0.3 is 0 Å². The molecule has 1 N–H and O–H groups in total. The molecule has 2 saturated carbocycles. The normalized spacial score (nSPS) is 46.8. The maximum absolute atomic E-state index is 12.6. The molecule has 6 atom stereocenters. The molecule has 2 heterocycles. The summed E-state index contributed by atoms with van der Waals surface area (Å²) in [5, 5.41) is 12.8. The minimum atomic E-state index is -0.235. The van der Waals surface area contributed by atoms with Crippen molar-refractivity contribution in [3.63, 3.8) is 0 Å². The van der Waals surface area contributed by atoms with Crippen LogP contribution in [0.5, 0.6) is 0 Å². The molecule has 0 radical (unpaired) electrons. The molecular formula is C19H29N3O2. The summed E-state index contributed by atoms with van der Waals surface area (Å²) in [5.41, 5.74) is 0.280. The Morgan fingerprint density at radius 2 is 2.00 bits per heavy atom. The number of nitrogens with zero attached hydrogens (tertiary/aromatic N) is 2. The Morgan fingerprint density at radius 3 is 2.54 bits per heavy atom. The van der Waals surface area contributed by atoms with Crippen molar-refractivity contribution in [1.29, 1.82) is 5.26 Å². The highest BCUT2D eigenvalue weighted by atomic mass is 16.5. The van der Waals surface area contributed by atoms with Gasteiger partial charge in [-0.15, -0.1) is 0 Å². The van der Waals surface area contributed by atoms with Crippen LogP contribution in [0.1, 0.15) is 52.4 Å². The lowest BCUT2D eigenvalue weighted by molar-refractivity contribution is -0.146. The Bertz CT molecular complexity index is 549. The number of carbonyl (C=O) groups excluding carboxylic acids is 1. The van der Waals surface area contributed by atoms with Crippen LogP contribution in [0, 0.1) is 29.1 Å². The number of hydrogen-bond acceptors (Lipinski definition) is 4. The van der Waals surface area contributed by atoms with Crippen molar-refractivity contribution < 1.29 is 9.53 Å². The lowest BCUT2D eigenvalue weighted by atomic mass is 9.86. The van der Waals surface area contributed by atoms with Gasteiger partial charge in [-0.25, -0.2) is 0 Å². The van der Waals surface area contributed by atoms with Gasteiger partial charge in [0.1, 0.15) is 6.04 Å². The van der Waals surface area contributed by atoms with Crippen LogP contribution in [0.2, 0.25) is 0 Å². The van der Waals surface area contributed by atoms with E-state index in [0.717, 1.165) is 44.2 Å². The molecule has 2 unspecified atom stereocenters. The predicted molar refractivity (Wildman–Crippen MR) is 90.1 cm³/mol. The molecule has 4 fully saturated rings. The van der Waals surface area contributed by atoms with E-state index in [1.165, 1.54) is 19.3 Å². The lowest BCUT2D eigenvalue weighted by Crippen LogP contribution is -2.49. The van der Waals surface area contributed by atoms with Gasteiger partial charge in [-0.1, -0.05) is 6.92 Å². The summed E-state index contributed by atoms with van der Waals surface area (Å²) in [4.78, 5) is 14.3. The second kappa shape index (κ2) is 5.71. The summed E-state index contributed by atoms with van der Waals surface area (Å²) in [6.45, 7) is 6.41. The Labute approximate surface area is 144 Å². The molecule has 2 aliphatic carbocycles. The van der Waals surface area contributed by atoms with Crippen LogP contribution in [0.4, 0.5) is 0 Å². The Hall–Kier alpha value is -1.12. The van der Waals surface area contributed by atoms with Crippen LogP contribution in [-0.2, 0) is 9.53 Å². The number of fused-ring (bicyclic) bond motifs is 1. The average Bonchev–Trinajstić information content (AvgIpc) is 3.13. The van der Waals surface area contributed by atoms with E-state index in [4.69, 9.17) is 4.74 Å². The summed E-state index contributed by atoms with van der Waals surface area (Å²) in [6.07, 6.45) is 6.77. The van der Waals surface area contributed by atoms with Gasteiger partial charge < -0.3 is 15.0 Å². The van der Waals surface area contributed by atoms with Crippen LogP contribution in [0.15, 0.2) is 0 Å². The molecule has 2 saturated heterocycles. The van der Waals surface area contributed by atoms with Crippen LogP contribution < -0.4 is 5.32 Å². The van der Waals surface area contributed by atoms with Crippen molar-refractivity contribution in [3.05, 3.63) is 0 Å². The van der Waals surface area contributed by atoms with E-state index in [1.54, 1.807) is 4.90 Å². The molecule has 5 nitrogen and oxygen atoms in total. The minimum absolute atomic E-state index is 0.0594. The zero-order valence-electron chi connectivity index (χ0n) is 14.9. The third kappa shape index (κ3) is 2.74. The zero-order chi connectivity index (χ0) is 16.9. The van der Waals surface area contributed by atoms with Gasteiger partial charge in [0.15, 0.2) is 0 Å². The smallest absolute Gasteiger partial charge is 0.237 e. The molecule has 4 rings (SSSR count). The molecule has 0 bridgehead atoms. The van der Waals surface area contributed by atoms with Crippen molar-refractivity contribution in [2.75, 3.05) is 19.7 Å². The first-order chi connectivity index (χ1) is 11.4. The minimum Gasteiger partial charge on any atom is -0.375 e. The Kier molecular flexibility index (Phi) is 3.89. The fourth-order valence-electron chi connectivity index (χ4n) is 5.78. The molecule has 1 amide bonds. The maximum atomic E-state index is 12.6. The Morgan fingerprint density at radius 1 is 1.33 bits per heavy atom. The first-order valence-electron chi connectivity index (χ1n) is 9.50.